The van der Waals surface area contributed by atoms with Crippen LogP contribution in [0.4, 0.5) is 0 Å². The second-order valence-electron chi connectivity index (χ2n) is 19.8. The zero-order chi connectivity index (χ0) is 36.1. The Kier molecular flexibility index (Phi) is 8.76. The number of hydrogen-bond donors (Lipinski definition) is 1. The number of carbonyl (C=O) groups excluding carboxylic acids is 2. The van der Waals surface area contributed by atoms with Gasteiger partial charge in [-0.15, -0.1) is 0 Å². The molecule has 0 bridgehead atoms. The predicted molar refractivity (Wildman–Crippen MR) is 196 cm³/mol. The highest BCUT2D eigenvalue weighted by Gasteiger charge is 2.69. The summed E-state index contributed by atoms with van der Waals surface area (Å²) in [4.78, 5) is 37.1. The maximum atomic E-state index is 14.5. The van der Waals surface area contributed by atoms with Crippen LogP contribution < -0.4 is 5.32 Å². The van der Waals surface area contributed by atoms with E-state index in [9.17, 15) is 9.59 Å². The summed E-state index contributed by atoms with van der Waals surface area (Å²) in [5.74, 6) is 1.18. The fraction of sp³-hybridized carbons (Fsp3) is 0.814. The van der Waals surface area contributed by atoms with E-state index in [1.165, 1.54) is 6.42 Å². The number of rotatable bonds is 5. The predicted octanol–water partition coefficient (Wildman–Crippen LogP) is 8.91. The van der Waals surface area contributed by atoms with Gasteiger partial charge in [-0.1, -0.05) is 60.1 Å². The highest BCUT2D eigenvalue weighted by Crippen LogP contribution is 2.76. The molecule has 7 rings (SSSR count). The molecule has 1 aliphatic heterocycles. The van der Waals surface area contributed by atoms with Gasteiger partial charge in [0.15, 0.2) is 0 Å². The van der Waals surface area contributed by atoms with Crippen LogP contribution in [0.25, 0.3) is 0 Å². The van der Waals surface area contributed by atoms with Crippen molar-refractivity contribution in [2.75, 3.05) is 6.54 Å². The van der Waals surface area contributed by atoms with Gasteiger partial charge >= 0.3 is 11.9 Å². The Morgan fingerprint density at radius 3 is 2.28 bits per heavy atom. The number of aryl methyl sites for hydroxylation is 3. The van der Waals surface area contributed by atoms with E-state index in [4.69, 9.17) is 14.5 Å². The van der Waals surface area contributed by atoms with Gasteiger partial charge in [0.25, 0.3) is 0 Å². The van der Waals surface area contributed by atoms with Crippen LogP contribution in [0, 0.1) is 71.0 Å². The van der Waals surface area contributed by atoms with Gasteiger partial charge in [-0.25, -0.2) is 0 Å². The molecule has 0 unspecified atom stereocenters. The SMILES string of the molecule is Cc1nc(C)c(COC(=O)[C@]23CCC(C)(C)C[C@H]2C2=CC[C@@H]4[C@@]5(C)CC[C@H](OC(=O)[C@@H]6CCCN6)C(C)(C)[C@@H]5CC[C@@]4(C)[C@]2(C)CC3)nc1C. The molecular formula is C43H65N3O4. The van der Waals surface area contributed by atoms with Crippen LogP contribution in [0.5, 0.6) is 0 Å². The first-order valence-corrected chi connectivity index (χ1v) is 20.0. The summed E-state index contributed by atoms with van der Waals surface area (Å²) in [6, 6.07) is -0.138. The van der Waals surface area contributed by atoms with Crippen LogP contribution in [0.15, 0.2) is 11.6 Å². The number of ether oxygens (including phenoxy) is 2. The molecule has 7 nitrogen and oxygen atoms in total. The molecule has 50 heavy (non-hydrogen) atoms. The molecular weight excluding hydrogens is 622 g/mol. The summed E-state index contributed by atoms with van der Waals surface area (Å²) < 4.78 is 12.7. The topological polar surface area (TPSA) is 90.4 Å². The van der Waals surface area contributed by atoms with E-state index < -0.39 is 5.41 Å². The first-order valence-electron chi connectivity index (χ1n) is 20.0. The number of carbonyl (C=O) groups is 2. The van der Waals surface area contributed by atoms with Gasteiger partial charge in [0, 0.05) is 5.41 Å². The molecule has 1 aromatic rings. The molecule has 7 heteroatoms. The zero-order valence-electron chi connectivity index (χ0n) is 32.9. The molecule has 1 aromatic heterocycles. The molecule has 0 amide bonds. The smallest absolute Gasteiger partial charge is 0.323 e. The monoisotopic (exact) mass is 687 g/mol. The lowest BCUT2D eigenvalue weighted by atomic mass is 9.33. The highest BCUT2D eigenvalue weighted by atomic mass is 16.5. The van der Waals surface area contributed by atoms with Crippen LogP contribution >= 0.6 is 0 Å². The lowest BCUT2D eigenvalue weighted by molar-refractivity contribution is -0.215. The molecule has 0 aromatic carbocycles. The van der Waals surface area contributed by atoms with Crippen molar-refractivity contribution in [3.8, 4) is 0 Å². The first kappa shape index (κ1) is 36.1. The fourth-order valence-corrected chi connectivity index (χ4v) is 13.1. The van der Waals surface area contributed by atoms with Crippen molar-refractivity contribution in [2.45, 2.75) is 165 Å². The summed E-state index contributed by atoms with van der Waals surface area (Å²) in [6.07, 6.45) is 14.9. The second-order valence-corrected chi connectivity index (χ2v) is 19.8. The summed E-state index contributed by atoms with van der Waals surface area (Å²) in [7, 11) is 0. The molecule has 4 saturated carbocycles. The van der Waals surface area contributed by atoms with E-state index in [-0.39, 0.29) is 63.7 Å². The van der Waals surface area contributed by atoms with Crippen LogP contribution in [-0.2, 0) is 25.7 Å². The molecule has 2 heterocycles. The Bertz CT molecular complexity index is 1580. The van der Waals surface area contributed by atoms with Crippen molar-refractivity contribution in [1.82, 2.24) is 15.3 Å². The van der Waals surface area contributed by atoms with E-state index in [2.05, 4.69) is 64.8 Å². The fourth-order valence-electron chi connectivity index (χ4n) is 13.1. The molecule has 0 spiro atoms. The number of aromatic nitrogens is 2. The molecule has 1 N–H and O–H groups in total. The third kappa shape index (κ3) is 5.35. The number of hydrogen-bond acceptors (Lipinski definition) is 7. The largest absolute Gasteiger partial charge is 0.461 e. The average Bonchev–Trinajstić information content (AvgIpc) is 3.59. The number of fused-ring (bicyclic) bond motifs is 7. The third-order valence-corrected chi connectivity index (χ3v) is 16.5. The quantitative estimate of drug-likeness (QED) is 0.244. The lowest BCUT2D eigenvalue weighted by Crippen LogP contribution is -2.65. The van der Waals surface area contributed by atoms with E-state index in [1.807, 2.05) is 20.8 Å². The molecule has 5 aliphatic carbocycles. The minimum absolute atomic E-state index is 0.0225. The van der Waals surface area contributed by atoms with Crippen LogP contribution in [0.1, 0.15) is 148 Å². The number of esters is 2. The summed E-state index contributed by atoms with van der Waals surface area (Å²) in [5.41, 5.74) is 4.94. The standard InChI is InChI=1S/C43H65N3O4/c1-26-27(2)46-32(28(3)45-26)25-49-37(48)43-21-19-38(4,5)24-30(43)29-13-14-34-40(8)17-16-35(50-36(47)31-12-11-23-44-31)39(6,7)33(40)15-18-42(34,10)41(29,9)20-22-43/h13,30-31,33-35,44H,11-12,14-25H2,1-10H3/t30-,31-,33-,34+,35-,40-,41+,42+,43-/m0/s1. The van der Waals surface area contributed by atoms with Crippen molar-refractivity contribution in [2.24, 2.45) is 50.2 Å². The van der Waals surface area contributed by atoms with Crippen LogP contribution in [0.2, 0.25) is 0 Å². The van der Waals surface area contributed by atoms with Crippen molar-refractivity contribution in [1.29, 1.82) is 0 Å². The van der Waals surface area contributed by atoms with Gasteiger partial charge in [-0.05, 0) is 144 Å². The van der Waals surface area contributed by atoms with Gasteiger partial charge in [-0.3, -0.25) is 19.6 Å². The maximum absolute atomic E-state index is 14.5. The number of nitrogens with one attached hydrogen (secondary N) is 1. The Labute approximate surface area is 301 Å². The number of allylic oxidation sites excluding steroid dienone is 2. The van der Waals surface area contributed by atoms with Crippen molar-refractivity contribution in [3.63, 3.8) is 0 Å². The second kappa shape index (κ2) is 12.1. The van der Waals surface area contributed by atoms with Gasteiger partial charge in [-0.2, -0.15) is 0 Å². The van der Waals surface area contributed by atoms with Gasteiger partial charge in [0.05, 0.1) is 28.2 Å². The van der Waals surface area contributed by atoms with Crippen molar-refractivity contribution in [3.05, 3.63) is 34.4 Å². The van der Waals surface area contributed by atoms with Gasteiger partial charge in [0.1, 0.15) is 18.8 Å². The van der Waals surface area contributed by atoms with Crippen molar-refractivity contribution >= 4 is 11.9 Å². The third-order valence-electron chi connectivity index (χ3n) is 16.5. The Hall–Kier alpha value is -2.28. The summed E-state index contributed by atoms with van der Waals surface area (Å²) in [5, 5.41) is 3.35. The normalized spacial score (nSPS) is 41.5. The van der Waals surface area contributed by atoms with E-state index in [1.54, 1.807) is 5.57 Å². The highest BCUT2D eigenvalue weighted by molar-refractivity contribution is 5.79. The van der Waals surface area contributed by atoms with E-state index in [0.717, 1.165) is 99.9 Å². The molecule has 6 aliphatic rings. The Balaban J connectivity index is 1.17. The molecule has 1 saturated heterocycles. The average molecular weight is 688 g/mol. The molecule has 0 radical (unpaired) electrons. The summed E-state index contributed by atoms with van der Waals surface area (Å²) >= 11 is 0. The zero-order valence-corrected chi connectivity index (χ0v) is 32.9. The Morgan fingerprint density at radius 1 is 0.840 bits per heavy atom. The van der Waals surface area contributed by atoms with Gasteiger partial charge in [0.2, 0.25) is 0 Å². The van der Waals surface area contributed by atoms with Crippen LogP contribution in [0.3, 0.4) is 0 Å². The maximum Gasteiger partial charge on any atom is 0.323 e. The van der Waals surface area contributed by atoms with E-state index in [0.29, 0.717) is 11.8 Å². The molecule has 276 valence electrons. The summed E-state index contributed by atoms with van der Waals surface area (Å²) in [6.45, 7) is 24.4. The van der Waals surface area contributed by atoms with Crippen LogP contribution in [-0.4, -0.2) is 40.6 Å². The molecule has 5 fully saturated rings. The number of nitrogens with zero attached hydrogens (tertiary/aromatic N) is 2. The van der Waals surface area contributed by atoms with Gasteiger partial charge < -0.3 is 14.8 Å². The van der Waals surface area contributed by atoms with Crippen molar-refractivity contribution < 1.29 is 19.1 Å². The Morgan fingerprint density at radius 2 is 1.56 bits per heavy atom. The van der Waals surface area contributed by atoms with E-state index >= 15 is 0 Å². The minimum atomic E-state index is -0.482. The molecule has 9 atom stereocenters. The minimum Gasteiger partial charge on any atom is -0.461 e. The lowest BCUT2D eigenvalue weighted by Gasteiger charge is -2.71. The first-order chi connectivity index (χ1) is 23.4.